The highest BCUT2D eigenvalue weighted by Crippen LogP contribution is 2.34. The van der Waals surface area contributed by atoms with Crippen LogP contribution in [-0.4, -0.2) is 27.0 Å². The van der Waals surface area contributed by atoms with E-state index in [0.29, 0.717) is 5.92 Å². The third-order valence-electron chi connectivity index (χ3n) is 3.06. The molecule has 0 bridgehead atoms. The topological polar surface area (TPSA) is 105 Å². The third kappa shape index (κ3) is 3.40. The maximum atomic E-state index is 10.9. The molecule has 0 spiro atoms. The van der Waals surface area contributed by atoms with Gasteiger partial charge in [-0.15, -0.1) is 0 Å². The second kappa shape index (κ2) is 5.21. The molecule has 7 heteroatoms. The molecule has 1 atom stereocenters. The molecule has 7 nitrogen and oxygen atoms in total. The average Bonchev–Trinajstić information content (AvgIpc) is 3.12. The summed E-state index contributed by atoms with van der Waals surface area (Å²) in [5.74, 6) is -0.505. The van der Waals surface area contributed by atoms with Crippen LogP contribution in [0.2, 0.25) is 0 Å². The standard InChI is InChI=1S/C12H15N3O4/c1-7(6-8-2-3-8)13-11-10(15(18)19)5-4-9(14-11)12(16)17/h4-5,7-8H,2-3,6H2,1H3,(H,13,14)(H,16,17). The molecule has 1 aromatic rings. The zero-order valence-electron chi connectivity index (χ0n) is 10.5. The number of hydrogen-bond donors (Lipinski definition) is 2. The maximum Gasteiger partial charge on any atom is 0.354 e. The van der Waals surface area contributed by atoms with Crippen LogP contribution in [0.1, 0.15) is 36.7 Å². The van der Waals surface area contributed by atoms with E-state index >= 15 is 0 Å². The fourth-order valence-corrected chi connectivity index (χ4v) is 1.97. The van der Waals surface area contributed by atoms with Crippen LogP contribution in [0.15, 0.2) is 12.1 Å². The summed E-state index contributed by atoms with van der Waals surface area (Å²) in [6.07, 6.45) is 3.30. The molecule has 1 fully saturated rings. The molecular weight excluding hydrogens is 250 g/mol. The van der Waals surface area contributed by atoms with Gasteiger partial charge in [0, 0.05) is 12.1 Å². The summed E-state index contributed by atoms with van der Waals surface area (Å²) >= 11 is 0. The molecule has 1 aromatic heterocycles. The Balaban J connectivity index is 2.20. The van der Waals surface area contributed by atoms with Crippen molar-refractivity contribution in [3.63, 3.8) is 0 Å². The van der Waals surface area contributed by atoms with E-state index in [0.717, 1.165) is 12.5 Å². The molecule has 0 amide bonds. The first-order valence-electron chi connectivity index (χ1n) is 6.12. The van der Waals surface area contributed by atoms with Crippen molar-refractivity contribution in [3.05, 3.63) is 27.9 Å². The lowest BCUT2D eigenvalue weighted by Gasteiger charge is -2.14. The van der Waals surface area contributed by atoms with Crippen molar-refractivity contribution in [3.8, 4) is 0 Å². The molecule has 0 aromatic carbocycles. The summed E-state index contributed by atoms with van der Waals surface area (Å²) in [7, 11) is 0. The zero-order chi connectivity index (χ0) is 14.0. The van der Waals surface area contributed by atoms with Gasteiger partial charge < -0.3 is 10.4 Å². The highest BCUT2D eigenvalue weighted by atomic mass is 16.6. The number of nitrogens with zero attached hydrogens (tertiary/aromatic N) is 2. The van der Waals surface area contributed by atoms with Crippen molar-refractivity contribution in [2.45, 2.75) is 32.2 Å². The van der Waals surface area contributed by atoms with Gasteiger partial charge in [0.05, 0.1) is 4.92 Å². The first kappa shape index (κ1) is 13.3. The normalized spacial score (nSPS) is 15.8. The smallest absolute Gasteiger partial charge is 0.354 e. The van der Waals surface area contributed by atoms with Gasteiger partial charge in [0.15, 0.2) is 5.69 Å². The molecule has 0 radical (unpaired) electrons. The van der Waals surface area contributed by atoms with E-state index in [9.17, 15) is 14.9 Å². The molecule has 1 aliphatic rings. The van der Waals surface area contributed by atoms with Gasteiger partial charge in [-0.25, -0.2) is 9.78 Å². The lowest BCUT2D eigenvalue weighted by Crippen LogP contribution is -2.18. The van der Waals surface area contributed by atoms with Crippen molar-refractivity contribution in [2.24, 2.45) is 5.92 Å². The van der Waals surface area contributed by atoms with E-state index in [-0.39, 0.29) is 23.2 Å². The van der Waals surface area contributed by atoms with Crippen LogP contribution < -0.4 is 5.32 Å². The molecule has 0 saturated heterocycles. The van der Waals surface area contributed by atoms with Gasteiger partial charge in [-0.3, -0.25) is 10.1 Å². The molecule has 1 unspecified atom stereocenters. The summed E-state index contributed by atoms with van der Waals surface area (Å²) in [5, 5.41) is 22.7. The van der Waals surface area contributed by atoms with Crippen LogP contribution in [0.3, 0.4) is 0 Å². The zero-order valence-corrected chi connectivity index (χ0v) is 10.5. The number of aromatic nitrogens is 1. The largest absolute Gasteiger partial charge is 0.477 e. The van der Waals surface area contributed by atoms with Gasteiger partial charge in [-0.1, -0.05) is 12.8 Å². The fourth-order valence-electron chi connectivity index (χ4n) is 1.97. The predicted octanol–water partition coefficient (Wildman–Crippen LogP) is 2.29. The van der Waals surface area contributed by atoms with Crippen LogP contribution in [0.25, 0.3) is 0 Å². The second-order valence-corrected chi connectivity index (χ2v) is 4.85. The van der Waals surface area contributed by atoms with Crippen molar-refractivity contribution in [1.82, 2.24) is 4.98 Å². The van der Waals surface area contributed by atoms with Crippen LogP contribution in [0, 0.1) is 16.0 Å². The molecule has 2 N–H and O–H groups in total. The summed E-state index contributed by atoms with van der Waals surface area (Å²) < 4.78 is 0. The predicted molar refractivity (Wildman–Crippen MR) is 68.3 cm³/mol. The lowest BCUT2D eigenvalue weighted by molar-refractivity contribution is -0.384. The van der Waals surface area contributed by atoms with E-state index in [4.69, 9.17) is 5.11 Å². The van der Waals surface area contributed by atoms with Crippen molar-refractivity contribution >= 4 is 17.5 Å². The molecule has 1 saturated carbocycles. The second-order valence-electron chi connectivity index (χ2n) is 4.85. The van der Waals surface area contributed by atoms with E-state index < -0.39 is 10.9 Å². The van der Waals surface area contributed by atoms with Crippen LogP contribution in [-0.2, 0) is 0 Å². The molecule has 1 heterocycles. The van der Waals surface area contributed by atoms with Crippen LogP contribution in [0.4, 0.5) is 11.5 Å². The number of nitrogens with one attached hydrogen (secondary N) is 1. The number of carboxylic acids is 1. The van der Waals surface area contributed by atoms with Gasteiger partial charge in [0.25, 0.3) is 0 Å². The highest BCUT2D eigenvalue weighted by molar-refractivity contribution is 5.86. The lowest BCUT2D eigenvalue weighted by atomic mass is 10.1. The number of pyridine rings is 1. The van der Waals surface area contributed by atoms with Crippen LogP contribution >= 0.6 is 0 Å². The van der Waals surface area contributed by atoms with Gasteiger partial charge >= 0.3 is 11.7 Å². The van der Waals surface area contributed by atoms with Gasteiger partial charge in [0.1, 0.15) is 0 Å². The first-order valence-corrected chi connectivity index (χ1v) is 6.12. The van der Waals surface area contributed by atoms with E-state index in [1.165, 1.54) is 18.9 Å². The minimum absolute atomic E-state index is 0.0260. The average molecular weight is 265 g/mol. The number of carbonyl (C=O) groups is 1. The molecule has 2 rings (SSSR count). The first-order chi connectivity index (χ1) is 8.97. The highest BCUT2D eigenvalue weighted by Gasteiger charge is 2.25. The van der Waals surface area contributed by atoms with Gasteiger partial charge in [-0.05, 0) is 25.3 Å². The van der Waals surface area contributed by atoms with E-state index in [2.05, 4.69) is 10.3 Å². The van der Waals surface area contributed by atoms with Crippen molar-refractivity contribution in [1.29, 1.82) is 0 Å². The molecule has 0 aliphatic heterocycles. The quantitative estimate of drug-likeness (QED) is 0.603. The summed E-state index contributed by atoms with van der Waals surface area (Å²) in [6, 6.07) is 2.34. The minimum atomic E-state index is -1.20. The Hall–Kier alpha value is -2.18. The number of rotatable bonds is 6. The monoisotopic (exact) mass is 265 g/mol. The van der Waals surface area contributed by atoms with Crippen molar-refractivity contribution < 1.29 is 14.8 Å². The van der Waals surface area contributed by atoms with Gasteiger partial charge in [-0.2, -0.15) is 0 Å². The molecule has 1 aliphatic carbocycles. The maximum absolute atomic E-state index is 10.9. The van der Waals surface area contributed by atoms with Gasteiger partial charge in [0.2, 0.25) is 5.82 Å². The van der Waals surface area contributed by atoms with Crippen LogP contribution in [0.5, 0.6) is 0 Å². The Kier molecular flexibility index (Phi) is 3.64. The number of carboxylic acid groups (broad SMARTS) is 1. The third-order valence-corrected chi connectivity index (χ3v) is 3.06. The summed E-state index contributed by atoms with van der Waals surface area (Å²) in [5.41, 5.74) is -0.403. The SMILES string of the molecule is CC(CC1CC1)Nc1nc(C(=O)O)ccc1[N+](=O)[O-]. The molecule has 102 valence electrons. The fraction of sp³-hybridized carbons (Fsp3) is 0.500. The Labute approximate surface area is 109 Å². The Morgan fingerprint density at radius 1 is 1.63 bits per heavy atom. The Morgan fingerprint density at radius 3 is 2.84 bits per heavy atom. The Bertz CT molecular complexity index is 514. The minimum Gasteiger partial charge on any atom is -0.477 e. The van der Waals surface area contributed by atoms with E-state index in [1.807, 2.05) is 6.92 Å². The summed E-state index contributed by atoms with van der Waals surface area (Å²) in [6.45, 7) is 1.91. The summed E-state index contributed by atoms with van der Waals surface area (Å²) in [4.78, 5) is 25.0. The number of nitro groups is 1. The van der Waals surface area contributed by atoms with E-state index in [1.54, 1.807) is 0 Å². The van der Waals surface area contributed by atoms with Crippen molar-refractivity contribution in [2.75, 3.05) is 5.32 Å². The molecule has 19 heavy (non-hydrogen) atoms. The Morgan fingerprint density at radius 2 is 2.32 bits per heavy atom. The number of hydrogen-bond acceptors (Lipinski definition) is 5. The molecular formula is C12H15N3O4. The number of aromatic carboxylic acids is 1. The number of anilines is 1.